The van der Waals surface area contributed by atoms with Gasteiger partial charge in [0.1, 0.15) is 0 Å². The Bertz CT molecular complexity index is 300. The third-order valence-corrected chi connectivity index (χ3v) is 4.42. The lowest BCUT2D eigenvalue weighted by Crippen LogP contribution is -2.46. The predicted octanol–water partition coefficient (Wildman–Crippen LogP) is 1.24. The highest BCUT2D eigenvalue weighted by molar-refractivity contribution is 5.88. The van der Waals surface area contributed by atoms with Crippen molar-refractivity contribution in [2.24, 2.45) is 0 Å². The maximum Gasteiger partial charge on any atom is 0.244 e. The molecule has 1 aliphatic heterocycles. The van der Waals surface area contributed by atoms with E-state index in [2.05, 4.69) is 12.2 Å². The number of carbonyl (C=O) groups is 1. The highest BCUT2D eigenvalue weighted by Gasteiger charge is 2.47. The monoisotopic (exact) mass is 240 g/mol. The largest absolute Gasteiger partial charge is 0.393 e. The van der Waals surface area contributed by atoms with Gasteiger partial charge in [-0.3, -0.25) is 10.1 Å². The summed E-state index contributed by atoms with van der Waals surface area (Å²) in [6.45, 7) is 6.10. The summed E-state index contributed by atoms with van der Waals surface area (Å²) < 4.78 is 0. The second kappa shape index (κ2) is 4.58. The summed E-state index contributed by atoms with van der Waals surface area (Å²) in [6, 6.07) is 0.307. The molecule has 2 fully saturated rings. The molecule has 1 heterocycles. The summed E-state index contributed by atoms with van der Waals surface area (Å²) in [4.78, 5) is 14.5. The quantitative estimate of drug-likeness (QED) is 0.763. The lowest BCUT2D eigenvalue weighted by Gasteiger charge is -2.35. The molecule has 2 aliphatic rings. The SMILES string of the molecule is CCC1(C)NC(C)N(C2CCC(O)CC2)C1=O. The first-order valence-corrected chi connectivity index (χ1v) is 6.76. The molecule has 2 atom stereocenters. The van der Waals surface area contributed by atoms with Gasteiger partial charge in [-0.15, -0.1) is 0 Å². The molecule has 17 heavy (non-hydrogen) atoms. The fraction of sp³-hybridized carbons (Fsp3) is 0.923. The number of aliphatic hydroxyl groups is 1. The third kappa shape index (κ3) is 2.20. The number of hydrogen-bond acceptors (Lipinski definition) is 3. The lowest BCUT2D eigenvalue weighted by atomic mass is 9.91. The first-order valence-electron chi connectivity index (χ1n) is 6.76. The Labute approximate surface area is 103 Å². The van der Waals surface area contributed by atoms with E-state index in [1.54, 1.807) is 0 Å². The van der Waals surface area contributed by atoms with Gasteiger partial charge in [0.25, 0.3) is 0 Å². The van der Waals surface area contributed by atoms with Gasteiger partial charge in [-0.2, -0.15) is 0 Å². The predicted molar refractivity (Wildman–Crippen MR) is 66.4 cm³/mol. The molecular formula is C13H24N2O2. The summed E-state index contributed by atoms with van der Waals surface area (Å²) in [6.07, 6.45) is 4.28. The summed E-state index contributed by atoms with van der Waals surface area (Å²) >= 11 is 0. The van der Waals surface area contributed by atoms with Crippen LogP contribution in [0.1, 0.15) is 52.9 Å². The number of carbonyl (C=O) groups excluding carboxylic acids is 1. The van der Waals surface area contributed by atoms with Gasteiger partial charge in [0.2, 0.25) is 5.91 Å². The van der Waals surface area contributed by atoms with E-state index >= 15 is 0 Å². The van der Waals surface area contributed by atoms with Crippen LogP contribution in [0.2, 0.25) is 0 Å². The molecule has 98 valence electrons. The molecule has 1 aliphatic carbocycles. The van der Waals surface area contributed by atoms with Crippen molar-refractivity contribution in [3.8, 4) is 0 Å². The Hall–Kier alpha value is -0.610. The Morgan fingerprint density at radius 1 is 1.41 bits per heavy atom. The van der Waals surface area contributed by atoms with Gasteiger partial charge >= 0.3 is 0 Å². The molecule has 4 nitrogen and oxygen atoms in total. The lowest BCUT2D eigenvalue weighted by molar-refractivity contribution is -0.136. The van der Waals surface area contributed by atoms with Crippen molar-refractivity contribution in [2.45, 2.75) is 76.7 Å². The number of rotatable bonds is 2. The zero-order valence-electron chi connectivity index (χ0n) is 11.1. The molecule has 2 N–H and O–H groups in total. The molecule has 0 aromatic heterocycles. The second-order valence-electron chi connectivity index (χ2n) is 5.68. The van der Waals surface area contributed by atoms with E-state index in [0.717, 1.165) is 32.1 Å². The van der Waals surface area contributed by atoms with Crippen molar-refractivity contribution in [3.05, 3.63) is 0 Å². The number of amides is 1. The molecule has 1 amide bonds. The Morgan fingerprint density at radius 2 is 2.00 bits per heavy atom. The number of hydrogen-bond donors (Lipinski definition) is 2. The van der Waals surface area contributed by atoms with Gasteiger partial charge in [-0.1, -0.05) is 6.92 Å². The average Bonchev–Trinajstić information content (AvgIpc) is 2.53. The Morgan fingerprint density at radius 3 is 2.47 bits per heavy atom. The molecule has 4 heteroatoms. The third-order valence-electron chi connectivity index (χ3n) is 4.42. The standard InChI is InChI=1S/C13H24N2O2/c1-4-13(3)12(17)15(9(2)14-13)10-5-7-11(16)8-6-10/h9-11,14,16H,4-8H2,1-3H3. The van der Waals surface area contributed by atoms with Crippen LogP contribution in [0, 0.1) is 0 Å². The summed E-state index contributed by atoms with van der Waals surface area (Å²) in [5.74, 6) is 0.230. The van der Waals surface area contributed by atoms with E-state index < -0.39 is 5.54 Å². The average molecular weight is 240 g/mol. The van der Waals surface area contributed by atoms with E-state index in [-0.39, 0.29) is 18.2 Å². The van der Waals surface area contributed by atoms with Crippen LogP contribution in [0.25, 0.3) is 0 Å². The zero-order chi connectivity index (χ0) is 12.6. The van der Waals surface area contributed by atoms with Gasteiger partial charge in [0.05, 0.1) is 17.8 Å². The first kappa shape index (κ1) is 12.8. The molecule has 0 bridgehead atoms. The molecule has 0 aromatic carbocycles. The highest BCUT2D eigenvalue weighted by Crippen LogP contribution is 2.31. The topological polar surface area (TPSA) is 52.6 Å². The second-order valence-corrected chi connectivity index (χ2v) is 5.68. The molecule has 0 spiro atoms. The molecule has 1 saturated carbocycles. The Kier molecular flexibility index (Phi) is 3.46. The van der Waals surface area contributed by atoms with Gasteiger partial charge in [0.15, 0.2) is 0 Å². The minimum absolute atomic E-state index is 0.118. The molecule has 0 radical (unpaired) electrons. The fourth-order valence-electron chi connectivity index (χ4n) is 3.12. The van der Waals surface area contributed by atoms with E-state index in [4.69, 9.17) is 0 Å². The smallest absolute Gasteiger partial charge is 0.244 e. The highest BCUT2D eigenvalue weighted by atomic mass is 16.3. The van der Waals surface area contributed by atoms with Crippen LogP contribution in [0.15, 0.2) is 0 Å². The van der Waals surface area contributed by atoms with E-state index in [0.29, 0.717) is 6.04 Å². The summed E-state index contributed by atoms with van der Waals surface area (Å²) in [5.41, 5.74) is -0.393. The normalized spacial score (nSPS) is 43.2. The molecule has 1 saturated heterocycles. The molecule has 2 unspecified atom stereocenters. The van der Waals surface area contributed by atoms with Gasteiger partial charge in [0, 0.05) is 6.04 Å². The van der Waals surface area contributed by atoms with Crippen LogP contribution in [-0.2, 0) is 4.79 Å². The van der Waals surface area contributed by atoms with Crippen molar-refractivity contribution in [2.75, 3.05) is 0 Å². The van der Waals surface area contributed by atoms with Crippen molar-refractivity contribution < 1.29 is 9.90 Å². The van der Waals surface area contributed by atoms with Crippen LogP contribution in [0.3, 0.4) is 0 Å². The van der Waals surface area contributed by atoms with Crippen LogP contribution in [-0.4, -0.2) is 39.8 Å². The summed E-state index contributed by atoms with van der Waals surface area (Å²) in [5, 5.41) is 12.9. The Balaban J connectivity index is 2.08. The maximum absolute atomic E-state index is 12.5. The van der Waals surface area contributed by atoms with Gasteiger partial charge < -0.3 is 10.0 Å². The number of nitrogens with zero attached hydrogens (tertiary/aromatic N) is 1. The van der Waals surface area contributed by atoms with Crippen molar-refractivity contribution >= 4 is 5.91 Å². The fourth-order valence-corrected chi connectivity index (χ4v) is 3.12. The van der Waals surface area contributed by atoms with E-state index in [1.165, 1.54) is 0 Å². The first-order chi connectivity index (χ1) is 7.98. The van der Waals surface area contributed by atoms with E-state index in [1.807, 2.05) is 18.7 Å². The van der Waals surface area contributed by atoms with Crippen LogP contribution >= 0.6 is 0 Å². The summed E-state index contributed by atoms with van der Waals surface area (Å²) in [7, 11) is 0. The van der Waals surface area contributed by atoms with Crippen molar-refractivity contribution in [1.29, 1.82) is 0 Å². The minimum Gasteiger partial charge on any atom is -0.393 e. The minimum atomic E-state index is -0.393. The number of aliphatic hydroxyl groups excluding tert-OH is 1. The number of nitrogens with one attached hydrogen (secondary N) is 1. The van der Waals surface area contributed by atoms with Crippen LogP contribution in [0.5, 0.6) is 0 Å². The van der Waals surface area contributed by atoms with Crippen molar-refractivity contribution in [1.82, 2.24) is 10.2 Å². The zero-order valence-corrected chi connectivity index (χ0v) is 11.1. The van der Waals surface area contributed by atoms with Crippen molar-refractivity contribution in [3.63, 3.8) is 0 Å². The van der Waals surface area contributed by atoms with Crippen LogP contribution < -0.4 is 5.32 Å². The van der Waals surface area contributed by atoms with Gasteiger partial charge in [-0.25, -0.2) is 0 Å². The maximum atomic E-state index is 12.5. The van der Waals surface area contributed by atoms with E-state index in [9.17, 15) is 9.90 Å². The molecule has 2 rings (SSSR count). The van der Waals surface area contributed by atoms with Gasteiger partial charge in [-0.05, 0) is 46.0 Å². The molecular weight excluding hydrogens is 216 g/mol. The van der Waals surface area contributed by atoms with Crippen LogP contribution in [0.4, 0.5) is 0 Å². The molecule has 0 aromatic rings.